The zero-order valence-corrected chi connectivity index (χ0v) is 17.0. The van der Waals surface area contributed by atoms with Gasteiger partial charge in [0.25, 0.3) is 5.91 Å². The van der Waals surface area contributed by atoms with E-state index in [1.165, 1.54) is 0 Å². The van der Waals surface area contributed by atoms with Crippen LogP contribution in [0.5, 0.6) is 6.01 Å². The maximum Gasteiger partial charge on any atom is 0.317 e. The van der Waals surface area contributed by atoms with Crippen molar-refractivity contribution in [1.82, 2.24) is 14.9 Å². The number of aromatic nitrogens is 2. The van der Waals surface area contributed by atoms with Gasteiger partial charge in [-0.2, -0.15) is 0 Å². The van der Waals surface area contributed by atoms with Gasteiger partial charge in [-0.05, 0) is 26.0 Å². The third kappa shape index (κ3) is 4.22. The highest BCUT2D eigenvalue weighted by molar-refractivity contribution is 6.15. The summed E-state index contributed by atoms with van der Waals surface area (Å²) in [5, 5.41) is 0. The molecule has 1 atom stereocenters. The third-order valence-corrected chi connectivity index (χ3v) is 5.10. The Morgan fingerprint density at radius 1 is 0.933 bits per heavy atom. The molecule has 1 saturated heterocycles. The van der Waals surface area contributed by atoms with Crippen LogP contribution in [0.3, 0.4) is 0 Å². The minimum Gasteiger partial charge on any atom is -0.458 e. The van der Waals surface area contributed by atoms with Crippen molar-refractivity contribution in [3.63, 3.8) is 0 Å². The van der Waals surface area contributed by atoms with Crippen molar-refractivity contribution in [2.75, 3.05) is 13.1 Å². The molecule has 3 aromatic rings. The van der Waals surface area contributed by atoms with Crippen LogP contribution < -0.4 is 4.74 Å². The molecular weight excluding hydrogens is 378 g/mol. The zero-order valence-electron chi connectivity index (χ0n) is 17.0. The Morgan fingerprint density at radius 3 is 2.27 bits per heavy atom. The average Bonchev–Trinajstić information content (AvgIpc) is 3.21. The summed E-state index contributed by atoms with van der Waals surface area (Å²) >= 11 is 0. The van der Waals surface area contributed by atoms with Crippen molar-refractivity contribution in [3.8, 4) is 6.01 Å². The molecule has 0 bridgehead atoms. The number of ketones is 1. The summed E-state index contributed by atoms with van der Waals surface area (Å²) in [6.07, 6.45) is 0.517. The molecule has 0 saturated carbocycles. The highest BCUT2D eigenvalue weighted by Gasteiger charge is 2.30. The van der Waals surface area contributed by atoms with Crippen LogP contribution in [0.1, 0.15) is 44.1 Å². The molecule has 2 heterocycles. The number of nitrogens with zero attached hydrogens (tertiary/aromatic N) is 3. The van der Waals surface area contributed by atoms with E-state index in [4.69, 9.17) is 4.74 Å². The van der Waals surface area contributed by atoms with Crippen LogP contribution in [-0.2, 0) is 0 Å². The Kier molecular flexibility index (Phi) is 5.57. The van der Waals surface area contributed by atoms with Gasteiger partial charge in [-0.25, -0.2) is 9.97 Å². The van der Waals surface area contributed by atoms with E-state index < -0.39 is 0 Å². The lowest BCUT2D eigenvalue weighted by Crippen LogP contribution is -2.32. The standard InChI is InChI=1S/C24H23N3O3/c1-16-14-17(2)26-24(25-16)30-19-12-13-27(15-19)23(29)21-11-7-6-10-20(21)22(28)18-8-4-3-5-9-18/h3-11,14,19H,12-13,15H2,1-2H3/t19-/m1/s1. The van der Waals surface area contributed by atoms with E-state index in [-0.39, 0.29) is 17.8 Å². The van der Waals surface area contributed by atoms with Crippen molar-refractivity contribution >= 4 is 11.7 Å². The summed E-state index contributed by atoms with van der Waals surface area (Å²) in [6, 6.07) is 18.2. The van der Waals surface area contributed by atoms with Gasteiger partial charge in [0.1, 0.15) is 6.10 Å². The molecule has 4 rings (SSSR count). The Balaban J connectivity index is 1.50. The minimum absolute atomic E-state index is 0.157. The number of carbonyl (C=O) groups excluding carboxylic acids is 2. The molecule has 0 unspecified atom stereocenters. The number of hydrogen-bond acceptors (Lipinski definition) is 5. The van der Waals surface area contributed by atoms with Crippen LogP contribution in [0, 0.1) is 13.8 Å². The summed E-state index contributed by atoms with van der Waals surface area (Å²) in [5.74, 6) is -0.322. The maximum atomic E-state index is 13.2. The molecule has 1 aliphatic rings. The number of rotatable bonds is 5. The number of benzene rings is 2. The van der Waals surface area contributed by atoms with Crippen LogP contribution in [-0.4, -0.2) is 45.8 Å². The molecule has 1 aromatic heterocycles. The number of aryl methyl sites for hydroxylation is 2. The first-order chi connectivity index (χ1) is 14.5. The lowest BCUT2D eigenvalue weighted by Gasteiger charge is -2.18. The minimum atomic E-state index is -0.174. The van der Waals surface area contributed by atoms with E-state index in [9.17, 15) is 9.59 Å². The van der Waals surface area contributed by atoms with E-state index in [0.29, 0.717) is 42.2 Å². The van der Waals surface area contributed by atoms with Gasteiger partial charge in [0.05, 0.1) is 12.1 Å². The van der Waals surface area contributed by atoms with Gasteiger partial charge in [0.15, 0.2) is 5.78 Å². The lowest BCUT2D eigenvalue weighted by molar-refractivity contribution is 0.0765. The van der Waals surface area contributed by atoms with E-state index in [2.05, 4.69) is 9.97 Å². The fourth-order valence-electron chi connectivity index (χ4n) is 3.69. The van der Waals surface area contributed by atoms with E-state index in [1.807, 2.05) is 38.1 Å². The summed E-state index contributed by atoms with van der Waals surface area (Å²) in [4.78, 5) is 36.5. The van der Waals surface area contributed by atoms with Crippen LogP contribution in [0.15, 0.2) is 60.7 Å². The second kappa shape index (κ2) is 8.45. The molecule has 0 radical (unpaired) electrons. The fourth-order valence-corrected chi connectivity index (χ4v) is 3.69. The lowest BCUT2D eigenvalue weighted by atomic mass is 9.97. The molecule has 0 spiro atoms. The van der Waals surface area contributed by atoms with Gasteiger partial charge in [-0.15, -0.1) is 0 Å². The molecule has 1 fully saturated rings. The van der Waals surface area contributed by atoms with Gasteiger partial charge >= 0.3 is 6.01 Å². The molecule has 152 valence electrons. The summed E-state index contributed by atoms with van der Waals surface area (Å²) in [7, 11) is 0. The molecule has 1 aliphatic heterocycles. The van der Waals surface area contributed by atoms with Gasteiger partial charge in [-0.1, -0.05) is 48.5 Å². The highest BCUT2D eigenvalue weighted by atomic mass is 16.5. The van der Waals surface area contributed by atoms with Gasteiger partial charge in [0.2, 0.25) is 0 Å². The van der Waals surface area contributed by atoms with Gasteiger partial charge in [0, 0.05) is 35.5 Å². The molecule has 0 N–H and O–H groups in total. The van der Waals surface area contributed by atoms with Crippen molar-refractivity contribution in [3.05, 3.63) is 88.7 Å². The molecule has 1 amide bonds. The first-order valence-corrected chi connectivity index (χ1v) is 9.98. The van der Waals surface area contributed by atoms with Crippen LogP contribution in [0.25, 0.3) is 0 Å². The smallest absolute Gasteiger partial charge is 0.317 e. The summed E-state index contributed by atoms with van der Waals surface area (Å²) in [5.41, 5.74) is 3.08. The SMILES string of the molecule is Cc1cc(C)nc(O[C@@H]2CCN(C(=O)c3ccccc3C(=O)c3ccccc3)C2)n1. The Morgan fingerprint density at radius 2 is 1.57 bits per heavy atom. The second-order valence-electron chi connectivity index (χ2n) is 7.45. The average molecular weight is 401 g/mol. The van der Waals surface area contributed by atoms with Gasteiger partial charge < -0.3 is 9.64 Å². The van der Waals surface area contributed by atoms with Crippen molar-refractivity contribution < 1.29 is 14.3 Å². The predicted octanol–water partition coefficient (Wildman–Crippen LogP) is 3.62. The molecule has 6 nitrogen and oxygen atoms in total. The monoisotopic (exact) mass is 401 g/mol. The van der Waals surface area contributed by atoms with Crippen molar-refractivity contribution in [2.24, 2.45) is 0 Å². The molecule has 6 heteroatoms. The number of ether oxygens (including phenoxy) is 1. The van der Waals surface area contributed by atoms with Gasteiger partial charge in [-0.3, -0.25) is 9.59 Å². The number of likely N-dealkylation sites (tertiary alicyclic amines) is 1. The Hall–Kier alpha value is -3.54. The van der Waals surface area contributed by atoms with E-state index in [1.54, 1.807) is 41.3 Å². The number of hydrogen-bond donors (Lipinski definition) is 0. The second-order valence-corrected chi connectivity index (χ2v) is 7.45. The maximum absolute atomic E-state index is 13.2. The topological polar surface area (TPSA) is 72.4 Å². The zero-order chi connectivity index (χ0) is 21.1. The summed E-state index contributed by atoms with van der Waals surface area (Å²) < 4.78 is 5.92. The van der Waals surface area contributed by atoms with Crippen molar-refractivity contribution in [1.29, 1.82) is 0 Å². The Labute approximate surface area is 175 Å². The van der Waals surface area contributed by atoms with Crippen LogP contribution >= 0.6 is 0 Å². The van der Waals surface area contributed by atoms with Crippen LogP contribution in [0.2, 0.25) is 0 Å². The predicted molar refractivity (Wildman–Crippen MR) is 113 cm³/mol. The first kappa shape index (κ1) is 19.8. The molecular formula is C24H23N3O3. The Bertz CT molecular complexity index is 1060. The normalized spacial score (nSPS) is 15.8. The fraction of sp³-hybridized carbons (Fsp3) is 0.250. The molecule has 30 heavy (non-hydrogen) atoms. The van der Waals surface area contributed by atoms with Crippen molar-refractivity contribution in [2.45, 2.75) is 26.4 Å². The van der Waals surface area contributed by atoms with E-state index in [0.717, 1.165) is 11.4 Å². The highest BCUT2D eigenvalue weighted by Crippen LogP contribution is 2.21. The first-order valence-electron chi connectivity index (χ1n) is 9.98. The summed E-state index contributed by atoms with van der Waals surface area (Å²) in [6.45, 7) is 4.78. The molecule has 2 aromatic carbocycles. The number of carbonyl (C=O) groups is 2. The van der Waals surface area contributed by atoms with Crippen LogP contribution in [0.4, 0.5) is 0 Å². The van der Waals surface area contributed by atoms with E-state index >= 15 is 0 Å². The molecule has 0 aliphatic carbocycles. The number of amides is 1. The quantitative estimate of drug-likeness (QED) is 0.611. The third-order valence-electron chi connectivity index (χ3n) is 5.10. The largest absolute Gasteiger partial charge is 0.458 e.